The van der Waals surface area contributed by atoms with Gasteiger partial charge in [0.05, 0.1) is 13.2 Å². The number of carbonyl (C=O) groups excluding carboxylic acids is 1. The molecular formula is C18H18ClNO3. The molecular weight excluding hydrogens is 314 g/mol. The summed E-state index contributed by atoms with van der Waals surface area (Å²) >= 11 is 5.93. The Morgan fingerprint density at radius 1 is 1.09 bits per heavy atom. The summed E-state index contributed by atoms with van der Waals surface area (Å²) in [4.78, 5) is 12.4. The molecule has 0 atom stereocenters. The van der Waals surface area contributed by atoms with Crippen LogP contribution < -0.4 is 14.8 Å². The number of nitrogens with one attached hydrogen (secondary N) is 1. The third-order valence-electron chi connectivity index (χ3n) is 3.53. The van der Waals surface area contributed by atoms with Crippen molar-refractivity contribution in [3.05, 3.63) is 53.1 Å². The van der Waals surface area contributed by atoms with Crippen molar-refractivity contribution in [2.75, 3.05) is 18.5 Å². The molecule has 0 aromatic heterocycles. The maximum atomic E-state index is 12.4. The van der Waals surface area contributed by atoms with Crippen molar-refractivity contribution in [1.29, 1.82) is 0 Å². The standard InChI is InChI=1S/C18H18ClNO3/c1-18(2)10-22-15-7-6-12(8-16(15)23-11-18)17(21)20-14-5-3-4-13(19)9-14/h3-9H,10-11H2,1-2H3,(H,20,21). The van der Waals surface area contributed by atoms with E-state index < -0.39 is 0 Å². The molecule has 1 amide bonds. The van der Waals surface area contributed by atoms with Crippen LogP contribution in [0.3, 0.4) is 0 Å². The number of hydrogen-bond acceptors (Lipinski definition) is 3. The Labute approximate surface area is 140 Å². The van der Waals surface area contributed by atoms with Crippen molar-refractivity contribution in [1.82, 2.24) is 0 Å². The Balaban J connectivity index is 1.79. The molecule has 1 aliphatic rings. The number of benzene rings is 2. The lowest BCUT2D eigenvalue weighted by Gasteiger charge is -2.19. The highest BCUT2D eigenvalue weighted by atomic mass is 35.5. The second-order valence-corrected chi connectivity index (χ2v) is 6.80. The molecule has 0 saturated carbocycles. The van der Waals surface area contributed by atoms with Crippen LogP contribution in [0.2, 0.25) is 5.02 Å². The molecule has 1 N–H and O–H groups in total. The molecule has 0 fully saturated rings. The number of fused-ring (bicyclic) bond motifs is 1. The number of carbonyl (C=O) groups is 1. The minimum Gasteiger partial charge on any atom is -0.489 e. The second kappa shape index (κ2) is 6.13. The van der Waals surface area contributed by atoms with Crippen molar-refractivity contribution in [3.8, 4) is 11.5 Å². The predicted molar refractivity (Wildman–Crippen MR) is 90.6 cm³/mol. The highest BCUT2D eigenvalue weighted by molar-refractivity contribution is 6.30. The van der Waals surface area contributed by atoms with Crippen molar-refractivity contribution in [2.24, 2.45) is 5.41 Å². The number of ether oxygens (including phenoxy) is 2. The van der Waals surface area contributed by atoms with E-state index in [-0.39, 0.29) is 11.3 Å². The van der Waals surface area contributed by atoms with Crippen LogP contribution in [-0.4, -0.2) is 19.1 Å². The Morgan fingerprint density at radius 2 is 1.83 bits per heavy atom. The number of anilines is 1. The highest BCUT2D eigenvalue weighted by Gasteiger charge is 2.25. The first-order valence-corrected chi connectivity index (χ1v) is 7.77. The zero-order valence-electron chi connectivity index (χ0n) is 13.1. The largest absolute Gasteiger partial charge is 0.489 e. The van der Waals surface area contributed by atoms with E-state index in [2.05, 4.69) is 19.2 Å². The molecule has 1 aliphatic heterocycles. The van der Waals surface area contributed by atoms with E-state index in [4.69, 9.17) is 21.1 Å². The average molecular weight is 332 g/mol. The van der Waals surface area contributed by atoms with Gasteiger partial charge in [-0.3, -0.25) is 4.79 Å². The summed E-state index contributed by atoms with van der Waals surface area (Å²) in [5.74, 6) is 1.03. The lowest BCUT2D eigenvalue weighted by molar-refractivity contribution is 0.102. The van der Waals surface area contributed by atoms with E-state index in [0.717, 1.165) is 0 Å². The maximum absolute atomic E-state index is 12.4. The summed E-state index contributed by atoms with van der Waals surface area (Å²) < 4.78 is 11.6. The van der Waals surface area contributed by atoms with Gasteiger partial charge in [0.2, 0.25) is 0 Å². The Morgan fingerprint density at radius 3 is 2.57 bits per heavy atom. The maximum Gasteiger partial charge on any atom is 0.255 e. The number of rotatable bonds is 2. The number of halogens is 1. The summed E-state index contributed by atoms with van der Waals surface area (Å²) in [5.41, 5.74) is 1.09. The Bertz CT molecular complexity index is 743. The van der Waals surface area contributed by atoms with Crippen molar-refractivity contribution >= 4 is 23.2 Å². The molecule has 0 saturated heterocycles. The van der Waals surface area contributed by atoms with Gasteiger partial charge in [0.15, 0.2) is 11.5 Å². The lowest BCUT2D eigenvalue weighted by atomic mass is 9.97. The smallest absolute Gasteiger partial charge is 0.255 e. The summed E-state index contributed by atoms with van der Waals surface area (Å²) in [6.45, 7) is 5.27. The van der Waals surface area contributed by atoms with E-state index in [1.54, 1.807) is 42.5 Å². The first-order chi connectivity index (χ1) is 10.9. The van der Waals surface area contributed by atoms with Crippen LogP contribution in [0.4, 0.5) is 5.69 Å². The molecule has 2 aromatic carbocycles. The average Bonchev–Trinajstić information content (AvgIpc) is 2.66. The fourth-order valence-electron chi connectivity index (χ4n) is 2.24. The molecule has 0 unspecified atom stereocenters. The monoisotopic (exact) mass is 331 g/mol. The molecule has 0 aliphatic carbocycles. The zero-order valence-corrected chi connectivity index (χ0v) is 13.8. The molecule has 0 bridgehead atoms. The minimum absolute atomic E-state index is 0.0672. The second-order valence-electron chi connectivity index (χ2n) is 6.37. The van der Waals surface area contributed by atoms with Gasteiger partial charge in [-0.25, -0.2) is 0 Å². The van der Waals surface area contributed by atoms with Crippen molar-refractivity contribution < 1.29 is 14.3 Å². The molecule has 2 aromatic rings. The third-order valence-corrected chi connectivity index (χ3v) is 3.76. The molecule has 4 nitrogen and oxygen atoms in total. The quantitative estimate of drug-likeness (QED) is 0.887. The van der Waals surface area contributed by atoms with Gasteiger partial charge in [0, 0.05) is 21.7 Å². The molecule has 5 heteroatoms. The van der Waals surface area contributed by atoms with Crippen LogP contribution in [-0.2, 0) is 0 Å². The van der Waals surface area contributed by atoms with E-state index in [0.29, 0.717) is 41.0 Å². The van der Waals surface area contributed by atoms with Crippen molar-refractivity contribution in [2.45, 2.75) is 13.8 Å². The Kier molecular flexibility index (Phi) is 4.18. The van der Waals surface area contributed by atoms with Gasteiger partial charge in [0.25, 0.3) is 5.91 Å². The molecule has 0 spiro atoms. The summed E-state index contributed by atoms with van der Waals surface area (Å²) in [6.07, 6.45) is 0. The summed E-state index contributed by atoms with van der Waals surface area (Å²) in [6, 6.07) is 12.2. The summed E-state index contributed by atoms with van der Waals surface area (Å²) in [7, 11) is 0. The van der Waals surface area contributed by atoms with E-state index >= 15 is 0 Å². The molecule has 0 radical (unpaired) electrons. The summed E-state index contributed by atoms with van der Waals surface area (Å²) in [5, 5.41) is 3.39. The van der Waals surface area contributed by atoms with E-state index in [1.165, 1.54) is 0 Å². The minimum atomic E-state index is -0.220. The third kappa shape index (κ3) is 3.77. The van der Waals surface area contributed by atoms with Gasteiger partial charge in [0.1, 0.15) is 0 Å². The normalized spacial score (nSPS) is 15.6. The van der Waals surface area contributed by atoms with Gasteiger partial charge in [-0.15, -0.1) is 0 Å². The molecule has 1 heterocycles. The van der Waals surface area contributed by atoms with Crippen LogP contribution in [0.1, 0.15) is 24.2 Å². The molecule has 3 rings (SSSR count). The van der Waals surface area contributed by atoms with E-state index in [1.807, 2.05) is 0 Å². The fourth-order valence-corrected chi connectivity index (χ4v) is 2.43. The van der Waals surface area contributed by atoms with Gasteiger partial charge < -0.3 is 14.8 Å². The van der Waals surface area contributed by atoms with Gasteiger partial charge >= 0.3 is 0 Å². The fraction of sp³-hybridized carbons (Fsp3) is 0.278. The molecule has 23 heavy (non-hydrogen) atoms. The first-order valence-electron chi connectivity index (χ1n) is 7.40. The zero-order chi connectivity index (χ0) is 16.4. The van der Waals surface area contributed by atoms with Crippen LogP contribution in [0.5, 0.6) is 11.5 Å². The van der Waals surface area contributed by atoms with Crippen LogP contribution in [0.15, 0.2) is 42.5 Å². The predicted octanol–water partition coefficient (Wildman–Crippen LogP) is 4.39. The SMILES string of the molecule is CC1(C)COc2ccc(C(=O)Nc3cccc(Cl)c3)cc2OC1. The van der Waals surface area contributed by atoms with Crippen molar-refractivity contribution in [3.63, 3.8) is 0 Å². The van der Waals surface area contributed by atoms with E-state index in [9.17, 15) is 4.79 Å². The van der Waals surface area contributed by atoms with Gasteiger partial charge in [-0.05, 0) is 36.4 Å². The Hall–Kier alpha value is -2.20. The van der Waals surface area contributed by atoms with Crippen LogP contribution in [0, 0.1) is 5.41 Å². The highest BCUT2D eigenvalue weighted by Crippen LogP contribution is 2.34. The molecule has 120 valence electrons. The number of amides is 1. The number of hydrogen-bond donors (Lipinski definition) is 1. The van der Waals surface area contributed by atoms with Gasteiger partial charge in [-0.1, -0.05) is 31.5 Å². The van der Waals surface area contributed by atoms with Crippen LogP contribution >= 0.6 is 11.6 Å². The van der Waals surface area contributed by atoms with Gasteiger partial charge in [-0.2, -0.15) is 0 Å². The topological polar surface area (TPSA) is 47.6 Å². The lowest BCUT2D eigenvalue weighted by Crippen LogP contribution is -2.26. The van der Waals surface area contributed by atoms with Crippen LogP contribution in [0.25, 0.3) is 0 Å². The first kappa shape index (κ1) is 15.7.